The first kappa shape index (κ1) is 30.1. The van der Waals surface area contributed by atoms with E-state index in [1.165, 1.54) is 29.2 Å². The molecule has 2 aromatic rings. The zero-order valence-electron chi connectivity index (χ0n) is 22.6. The van der Waals surface area contributed by atoms with E-state index in [-0.39, 0.29) is 46.5 Å². The summed E-state index contributed by atoms with van der Waals surface area (Å²) in [5.41, 5.74) is 0.875. The molecule has 1 aliphatic heterocycles. The predicted molar refractivity (Wildman–Crippen MR) is 151 cm³/mol. The van der Waals surface area contributed by atoms with Gasteiger partial charge in [0.1, 0.15) is 18.5 Å². The van der Waals surface area contributed by atoms with Gasteiger partial charge in [0.05, 0.1) is 18.3 Å². The first-order valence-electron chi connectivity index (χ1n) is 12.8. The zero-order valence-corrected chi connectivity index (χ0v) is 24.1. The molecule has 0 aromatic heterocycles. The molecule has 0 bridgehead atoms. The quantitative estimate of drug-likeness (QED) is 0.240. The number of benzene rings is 2. The molecule has 1 amide bonds. The Morgan fingerprint density at radius 1 is 1.07 bits per heavy atom. The van der Waals surface area contributed by atoms with Gasteiger partial charge in [-0.05, 0) is 48.6 Å². The van der Waals surface area contributed by atoms with Crippen molar-refractivity contribution in [3.05, 3.63) is 63.3 Å². The fourth-order valence-electron chi connectivity index (χ4n) is 5.11. The summed E-state index contributed by atoms with van der Waals surface area (Å²) < 4.78 is 10.4. The molecule has 2 aromatic carbocycles. The summed E-state index contributed by atoms with van der Waals surface area (Å²) in [5, 5.41) is 13.3. The van der Waals surface area contributed by atoms with Crippen LogP contribution in [0.1, 0.15) is 58.1 Å². The number of para-hydroxylation sites is 1. The monoisotopic (exact) mass is 602 g/mol. The van der Waals surface area contributed by atoms with Crippen LogP contribution in [0.15, 0.2) is 47.7 Å². The summed E-state index contributed by atoms with van der Waals surface area (Å²) in [6.07, 6.45) is -1.01. The highest BCUT2D eigenvalue weighted by molar-refractivity contribution is 6.35. The standard InChI is InChI=1S/C29H28Cl2N2O8/c1-4-40-24(38)12-25(39)41-21-7-5-6-19-27(21)32-18-13-29(2,3)14-20(34)26(18)28(33(19)22(35)11-23(36)37)16-9-8-15(30)10-17(16)31/h5-10,28,32H,4,11-14H2,1-3H3,(H,36,37). The van der Waals surface area contributed by atoms with Crippen molar-refractivity contribution >= 4 is 64.2 Å². The second-order valence-electron chi connectivity index (χ2n) is 10.5. The van der Waals surface area contributed by atoms with Crippen LogP contribution in [-0.4, -0.2) is 41.3 Å². The number of carboxylic acids is 1. The van der Waals surface area contributed by atoms with Crippen molar-refractivity contribution in [2.45, 2.75) is 52.5 Å². The molecule has 1 aliphatic carbocycles. The zero-order chi connectivity index (χ0) is 30.1. The summed E-state index contributed by atoms with van der Waals surface area (Å²) in [7, 11) is 0. The average molecular weight is 603 g/mol. The molecule has 0 saturated heterocycles. The topological polar surface area (TPSA) is 139 Å². The Balaban J connectivity index is 1.96. The minimum atomic E-state index is -1.38. The Bertz CT molecular complexity index is 1480. The number of hydrogen-bond donors (Lipinski definition) is 2. The van der Waals surface area contributed by atoms with E-state index in [9.17, 15) is 29.1 Å². The van der Waals surface area contributed by atoms with Crippen molar-refractivity contribution in [3.63, 3.8) is 0 Å². The lowest BCUT2D eigenvalue weighted by Crippen LogP contribution is -2.40. The van der Waals surface area contributed by atoms with Gasteiger partial charge in [0.15, 0.2) is 11.5 Å². The molecule has 1 unspecified atom stereocenters. The summed E-state index contributed by atoms with van der Waals surface area (Å²) in [5.74, 6) is -4.18. The number of fused-ring (bicyclic) bond motifs is 1. The molecular weight excluding hydrogens is 575 g/mol. The van der Waals surface area contributed by atoms with Gasteiger partial charge in [-0.2, -0.15) is 0 Å². The third kappa shape index (κ3) is 6.55. The summed E-state index contributed by atoms with van der Waals surface area (Å²) >= 11 is 12.8. The summed E-state index contributed by atoms with van der Waals surface area (Å²) in [4.78, 5) is 64.9. The Morgan fingerprint density at radius 2 is 1.80 bits per heavy atom. The van der Waals surface area contributed by atoms with E-state index < -0.39 is 48.1 Å². The van der Waals surface area contributed by atoms with Gasteiger partial charge in [-0.1, -0.05) is 49.2 Å². The number of amides is 1. The van der Waals surface area contributed by atoms with Crippen molar-refractivity contribution in [2.24, 2.45) is 5.41 Å². The molecule has 1 heterocycles. The lowest BCUT2D eigenvalue weighted by Gasteiger charge is -2.37. The van der Waals surface area contributed by atoms with Crippen LogP contribution in [0.4, 0.5) is 11.4 Å². The van der Waals surface area contributed by atoms with Crippen LogP contribution in [0.2, 0.25) is 10.0 Å². The maximum atomic E-state index is 13.8. The molecule has 0 radical (unpaired) electrons. The number of ketones is 1. The number of carbonyl (C=O) groups is 5. The number of Topliss-reactive ketones (excluding diaryl/α,β-unsaturated/α-hetero) is 1. The van der Waals surface area contributed by atoms with Crippen molar-refractivity contribution in [1.82, 2.24) is 0 Å². The second-order valence-corrected chi connectivity index (χ2v) is 11.3. The Kier molecular flexibility index (Phi) is 8.74. The van der Waals surface area contributed by atoms with Crippen molar-refractivity contribution < 1.29 is 38.6 Å². The lowest BCUT2D eigenvalue weighted by atomic mass is 9.73. The molecule has 0 fully saturated rings. The SMILES string of the molecule is CCOC(=O)CC(=O)Oc1cccc2c1NC1=C(C(=O)CC(C)(C)C1)C(c1ccc(Cl)cc1Cl)N2C(=O)CC(=O)O. The van der Waals surface area contributed by atoms with Gasteiger partial charge in [0, 0.05) is 27.7 Å². The number of hydrogen-bond acceptors (Lipinski definition) is 8. The van der Waals surface area contributed by atoms with E-state index in [4.69, 9.17) is 32.7 Å². The van der Waals surface area contributed by atoms with Crippen molar-refractivity contribution in [1.29, 1.82) is 0 Å². The molecule has 1 atom stereocenters. The van der Waals surface area contributed by atoms with Crippen molar-refractivity contribution in [2.75, 3.05) is 16.8 Å². The van der Waals surface area contributed by atoms with Gasteiger partial charge in [-0.3, -0.25) is 28.9 Å². The highest BCUT2D eigenvalue weighted by Gasteiger charge is 2.44. The van der Waals surface area contributed by atoms with Gasteiger partial charge in [-0.25, -0.2) is 0 Å². The van der Waals surface area contributed by atoms with Crippen LogP contribution in [0.5, 0.6) is 5.75 Å². The van der Waals surface area contributed by atoms with Crippen LogP contribution >= 0.6 is 23.2 Å². The number of ether oxygens (including phenoxy) is 2. The Morgan fingerprint density at radius 3 is 2.46 bits per heavy atom. The molecule has 2 N–H and O–H groups in total. The third-order valence-electron chi connectivity index (χ3n) is 6.64. The molecule has 0 spiro atoms. The Hall–Kier alpha value is -3.89. The smallest absolute Gasteiger partial charge is 0.322 e. The van der Waals surface area contributed by atoms with Crippen LogP contribution in [0.3, 0.4) is 0 Å². The minimum Gasteiger partial charge on any atom is -0.481 e. The van der Waals surface area contributed by atoms with Crippen LogP contribution in [-0.2, 0) is 28.7 Å². The molecule has 216 valence electrons. The number of nitrogens with one attached hydrogen (secondary N) is 1. The number of anilines is 2. The maximum Gasteiger partial charge on any atom is 0.322 e. The van der Waals surface area contributed by atoms with E-state index in [1.807, 2.05) is 13.8 Å². The van der Waals surface area contributed by atoms with Gasteiger partial charge in [0.25, 0.3) is 0 Å². The largest absolute Gasteiger partial charge is 0.481 e. The van der Waals surface area contributed by atoms with Gasteiger partial charge in [-0.15, -0.1) is 0 Å². The number of allylic oxidation sites excluding steroid dienone is 1. The fourth-order valence-corrected chi connectivity index (χ4v) is 5.62. The number of halogens is 2. The van der Waals surface area contributed by atoms with E-state index in [2.05, 4.69) is 5.32 Å². The predicted octanol–water partition coefficient (Wildman–Crippen LogP) is 5.47. The third-order valence-corrected chi connectivity index (χ3v) is 7.20. The van der Waals surface area contributed by atoms with Crippen LogP contribution in [0.25, 0.3) is 0 Å². The molecule has 0 saturated carbocycles. The van der Waals surface area contributed by atoms with Crippen LogP contribution < -0.4 is 15.0 Å². The second kappa shape index (κ2) is 11.9. The number of esters is 2. The lowest BCUT2D eigenvalue weighted by molar-refractivity contribution is -0.150. The van der Waals surface area contributed by atoms with E-state index in [0.717, 1.165) is 0 Å². The van der Waals surface area contributed by atoms with Gasteiger partial charge in [0.2, 0.25) is 5.91 Å². The molecular formula is C29H28Cl2N2O8. The number of carboxylic acid groups (broad SMARTS) is 1. The number of nitrogens with zero attached hydrogens (tertiary/aromatic N) is 1. The first-order chi connectivity index (χ1) is 19.3. The van der Waals surface area contributed by atoms with Gasteiger partial charge < -0.3 is 19.9 Å². The minimum absolute atomic E-state index is 0.0320. The summed E-state index contributed by atoms with van der Waals surface area (Å²) in [6.45, 7) is 5.54. The van der Waals surface area contributed by atoms with Crippen LogP contribution in [0, 0.1) is 5.41 Å². The average Bonchev–Trinajstić information content (AvgIpc) is 2.98. The molecule has 4 rings (SSSR count). The highest BCUT2D eigenvalue weighted by Crippen LogP contribution is 2.51. The van der Waals surface area contributed by atoms with E-state index >= 15 is 0 Å². The molecule has 2 aliphatic rings. The number of rotatable bonds is 7. The molecule has 12 heteroatoms. The number of aliphatic carboxylic acids is 1. The van der Waals surface area contributed by atoms with E-state index in [0.29, 0.717) is 22.7 Å². The first-order valence-corrected chi connectivity index (χ1v) is 13.6. The fraction of sp³-hybridized carbons (Fsp3) is 0.345. The summed E-state index contributed by atoms with van der Waals surface area (Å²) in [6, 6.07) is 8.00. The van der Waals surface area contributed by atoms with Crippen molar-refractivity contribution in [3.8, 4) is 5.75 Å². The highest BCUT2D eigenvalue weighted by atomic mass is 35.5. The van der Waals surface area contributed by atoms with E-state index in [1.54, 1.807) is 19.1 Å². The number of carbonyl (C=O) groups excluding carboxylic acids is 4. The molecule has 41 heavy (non-hydrogen) atoms. The molecule has 10 nitrogen and oxygen atoms in total. The Labute approximate surface area is 246 Å². The maximum absolute atomic E-state index is 13.8. The normalized spacial score (nSPS) is 17.5. The van der Waals surface area contributed by atoms with Gasteiger partial charge >= 0.3 is 17.9 Å².